The first kappa shape index (κ1) is 12.1. The molecule has 0 saturated heterocycles. The molecule has 4 heteroatoms. The Kier molecular flexibility index (Phi) is 3.55. The van der Waals surface area contributed by atoms with Gasteiger partial charge in [-0.1, -0.05) is 23.8 Å². The van der Waals surface area contributed by atoms with Crippen LogP contribution in [0.2, 0.25) is 0 Å². The molecule has 0 atom stereocenters. The van der Waals surface area contributed by atoms with Crippen molar-refractivity contribution < 1.29 is 19.5 Å². The fraction of sp³-hybridized carbons (Fsp3) is 0.250. The first-order chi connectivity index (χ1) is 7.41. The minimum atomic E-state index is -1.29. The summed E-state index contributed by atoms with van der Waals surface area (Å²) in [6.45, 7) is 3.59. The average molecular weight is 220 g/mol. The number of aryl methyl sites for hydroxylation is 2. The van der Waals surface area contributed by atoms with Crippen molar-refractivity contribution in [2.45, 2.75) is 20.3 Å². The van der Waals surface area contributed by atoms with Gasteiger partial charge in [-0.2, -0.15) is 0 Å². The van der Waals surface area contributed by atoms with Gasteiger partial charge < -0.3 is 5.11 Å². The van der Waals surface area contributed by atoms with Crippen molar-refractivity contribution in [2.24, 2.45) is 0 Å². The van der Waals surface area contributed by atoms with E-state index in [1.54, 1.807) is 25.1 Å². The number of hydrogen-bond acceptors (Lipinski definition) is 3. The summed E-state index contributed by atoms with van der Waals surface area (Å²) < 4.78 is 0. The van der Waals surface area contributed by atoms with E-state index in [1.165, 1.54) is 0 Å². The van der Waals surface area contributed by atoms with E-state index in [-0.39, 0.29) is 5.56 Å². The number of ketones is 2. The van der Waals surface area contributed by atoms with Gasteiger partial charge in [0.2, 0.25) is 11.6 Å². The summed E-state index contributed by atoms with van der Waals surface area (Å²) in [5, 5.41) is 8.42. The van der Waals surface area contributed by atoms with E-state index in [9.17, 15) is 14.4 Å². The quantitative estimate of drug-likeness (QED) is 0.474. The van der Waals surface area contributed by atoms with Crippen molar-refractivity contribution in [3.63, 3.8) is 0 Å². The monoisotopic (exact) mass is 220 g/mol. The number of aliphatic carboxylic acids is 1. The summed E-state index contributed by atoms with van der Waals surface area (Å²) in [5.41, 5.74) is 1.94. The lowest BCUT2D eigenvalue weighted by molar-refractivity contribution is -0.139. The maximum absolute atomic E-state index is 11.6. The van der Waals surface area contributed by atoms with Gasteiger partial charge in [0, 0.05) is 5.56 Å². The molecule has 0 aliphatic rings. The van der Waals surface area contributed by atoms with Gasteiger partial charge >= 0.3 is 5.97 Å². The van der Waals surface area contributed by atoms with Gasteiger partial charge in [-0.15, -0.1) is 0 Å². The van der Waals surface area contributed by atoms with Crippen LogP contribution in [0.15, 0.2) is 18.2 Å². The average Bonchev–Trinajstić information content (AvgIpc) is 2.15. The van der Waals surface area contributed by atoms with Crippen molar-refractivity contribution in [2.75, 3.05) is 0 Å². The topological polar surface area (TPSA) is 71.4 Å². The van der Waals surface area contributed by atoms with Crippen LogP contribution in [-0.4, -0.2) is 22.6 Å². The van der Waals surface area contributed by atoms with Crippen LogP contribution in [-0.2, 0) is 9.59 Å². The Labute approximate surface area is 92.9 Å². The Bertz CT molecular complexity index is 460. The maximum Gasteiger partial charge on any atom is 0.311 e. The molecule has 1 N–H and O–H groups in total. The molecule has 0 amide bonds. The zero-order valence-electron chi connectivity index (χ0n) is 9.11. The predicted octanol–water partition coefficient (Wildman–Crippen LogP) is 1.53. The molecule has 16 heavy (non-hydrogen) atoms. The highest BCUT2D eigenvalue weighted by molar-refractivity contribution is 6.46. The molecule has 0 spiro atoms. The van der Waals surface area contributed by atoms with E-state index in [2.05, 4.69) is 0 Å². The van der Waals surface area contributed by atoms with Crippen molar-refractivity contribution in [1.82, 2.24) is 0 Å². The van der Waals surface area contributed by atoms with Crippen LogP contribution in [0.5, 0.6) is 0 Å². The van der Waals surface area contributed by atoms with Crippen molar-refractivity contribution in [3.05, 3.63) is 34.9 Å². The van der Waals surface area contributed by atoms with Gasteiger partial charge in [0.05, 0.1) is 0 Å². The Morgan fingerprint density at radius 1 is 1.19 bits per heavy atom. The van der Waals surface area contributed by atoms with E-state index in [0.717, 1.165) is 5.56 Å². The number of hydrogen-bond donors (Lipinski definition) is 1. The van der Waals surface area contributed by atoms with Gasteiger partial charge in [-0.3, -0.25) is 14.4 Å². The summed E-state index contributed by atoms with van der Waals surface area (Å²) in [7, 11) is 0. The fourth-order valence-electron chi connectivity index (χ4n) is 1.44. The Balaban J connectivity index is 2.97. The zero-order valence-corrected chi connectivity index (χ0v) is 9.11. The van der Waals surface area contributed by atoms with Gasteiger partial charge in [0.1, 0.15) is 6.42 Å². The van der Waals surface area contributed by atoms with E-state index < -0.39 is 24.0 Å². The molecule has 0 fully saturated rings. The van der Waals surface area contributed by atoms with Crippen LogP contribution in [0.1, 0.15) is 27.9 Å². The number of carbonyl (C=O) groups is 3. The minimum absolute atomic E-state index is 0.275. The molecule has 0 bridgehead atoms. The number of carboxylic acid groups (broad SMARTS) is 1. The minimum Gasteiger partial charge on any atom is -0.481 e. The van der Waals surface area contributed by atoms with E-state index >= 15 is 0 Å². The Hall–Kier alpha value is -1.97. The molecule has 0 heterocycles. The highest BCUT2D eigenvalue weighted by Gasteiger charge is 2.20. The highest BCUT2D eigenvalue weighted by atomic mass is 16.4. The smallest absolute Gasteiger partial charge is 0.311 e. The van der Waals surface area contributed by atoms with Gasteiger partial charge in [-0.25, -0.2) is 0 Å². The Morgan fingerprint density at radius 2 is 1.81 bits per heavy atom. The van der Waals surface area contributed by atoms with Gasteiger partial charge in [-0.05, 0) is 19.4 Å². The summed E-state index contributed by atoms with van der Waals surface area (Å²) in [4.78, 5) is 33.2. The predicted molar refractivity (Wildman–Crippen MR) is 57.5 cm³/mol. The standard InChI is InChI=1S/C12H12O4/c1-7-3-4-9(8(2)5-7)12(16)10(13)6-11(14)15/h3-5H,6H2,1-2H3,(H,14,15). The lowest BCUT2D eigenvalue weighted by Gasteiger charge is -2.04. The van der Waals surface area contributed by atoms with Crippen LogP contribution < -0.4 is 0 Å². The van der Waals surface area contributed by atoms with Gasteiger partial charge in [0.25, 0.3) is 0 Å². The highest BCUT2D eigenvalue weighted by Crippen LogP contribution is 2.12. The van der Waals surface area contributed by atoms with Crippen molar-refractivity contribution >= 4 is 17.5 Å². The Morgan fingerprint density at radius 3 is 2.31 bits per heavy atom. The maximum atomic E-state index is 11.6. The van der Waals surface area contributed by atoms with Crippen LogP contribution in [0.4, 0.5) is 0 Å². The molecule has 0 unspecified atom stereocenters. The summed E-state index contributed by atoms with van der Waals surface area (Å²) in [6.07, 6.45) is -0.758. The van der Waals surface area contributed by atoms with Gasteiger partial charge in [0.15, 0.2) is 0 Å². The second-order valence-electron chi connectivity index (χ2n) is 3.64. The molecule has 84 valence electrons. The molecular weight excluding hydrogens is 208 g/mol. The van der Waals surface area contributed by atoms with Crippen LogP contribution >= 0.6 is 0 Å². The molecule has 4 nitrogen and oxygen atoms in total. The number of Topliss-reactive ketones (excluding diaryl/α,β-unsaturated/α-hetero) is 2. The van der Waals surface area contributed by atoms with Crippen LogP contribution in [0.3, 0.4) is 0 Å². The van der Waals surface area contributed by atoms with E-state index in [0.29, 0.717) is 5.56 Å². The fourth-order valence-corrected chi connectivity index (χ4v) is 1.44. The third-order valence-electron chi connectivity index (χ3n) is 2.19. The summed E-state index contributed by atoms with van der Waals surface area (Å²) >= 11 is 0. The molecule has 1 rings (SSSR count). The SMILES string of the molecule is Cc1ccc(C(=O)C(=O)CC(=O)O)c(C)c1. The molecule has 0 aromatic heterocycles. The lowest BCUT2D eigenvalue weighted by Crippen LogP contribution is -2.18. The second-order valence-corrected chi connectivity index (χ2v) is 3.64. The largest absolute Gasteiger partial charge is 0.481 e. The summed E-state index contributed by atoms with van der Waals surface area (Å²) in [6, 6.07) is 5.04. The zero-order chi connectivity index (χ0) is 12.3. The van der Waals surface area contributed by atoms with Crippen molar-refractivity contribution in [3.8, 4) is 0 Å². The molecule has 0 radical (unpaired) electrons. The van der Waals surface area contributed by atoms with E-state index in [1.807, 2.05) is 6.92 Å². The first-order valence-corrected chi connectivity index (χ1v) is 4.78. The third kappa shape index (κ3) is 2.76. The molecule has 1 aromatic carbocycles. The van der Waals surface area contributed by atoms with Crippen LogP contribution in [0, 0.1) is 13.8 Å². The number of rotatable bonds is 4. The molecule has 0 saturated carbocycles. The molecule has 0 aliphatic heterocycles. The number of carbonyl (C=O) groups excluding carboxylic acids is 2. The van der Waals surface area contributed by atoms with Crippen LogP contribution in [0.25, 0.3) is 0 Å². The third-order valence-corrected chi connectivity index (χ3v) is 2.19. The molecular formula is C12H12O4. The lowest BCUT2D eigenvalue weighted by atomic mass is 9.99. The van der Waals surface area contributed by atoms with Crippen molar-refractivity contribution in [1.29, 1.82) is 0 Å². The number of carboxylic acids is 1. The molecule has 0 aliphatic carbocycles. The first-order valence-electron chi connectivity index (χ1n) is 4.78. The second kappa shape index (κ2) is 4.70. The molecule has 1 aromatic rings. The summed E-state index contributed by atoms with van der Waals surface area (Å²) in [5.74, 6) is -2.91. The number of benzene rings is 1. The normalized spacial score (nSPS) is 9.88. The van der Waals surface area contributed by atoms with E-state index in [4.69, 9.17) is 5.11 Å².